The minimum atomic E-state index is -0.809. The van der Waals surface area contributed by atoms with Crippen molar-refractivity contribution in [1.29, 1.82) is 0 Å². The zero-order valence-electron chi connectivity index (χ0n) is 16.1. The molecule has 0 aromatic heterocycles. The number of aryl methyl sites for hydroxylation is 2. The van der Waals surface area contributed by atoms with Gasteiger partial charge in [-0.2, -0.15) is 0 Å². The van der Waals surface area contributed by atoms with Gasteiger partial charge >= 0.3 is 0 Å². The van der Waals surface area contributed by atoms with E-state index in [1.165, 1.54) is 0 Å². The Morgan fingerprint density at radius 2 is 1.69 bits per heavy atom. The van der Waals surface area contributed by atoms with Crippen molar-refractivity contribution in [2.75, 3.05) is 20.3 Å². The second kappa shape index (κ2) is 8.72. The van der Waals surface area contributed by atoms with Crippen LogP contribution in [0.1, 0.15) is 32.6 Å². The van der Waals surface area contributed by atoms with Crippen molar-refractivity contribution in [2.45, 2.75) is 33.8 Å². The van der Waals surface area contributed by atoms with Crippen LogP contribution >= 0.6 is 0 Å². The summed E-state index contributed by atoms with van der Waals surface area (Å²) in [5, 5.41) is 12.9. The number of carbonyl (C=O) groups excluding carboxylic acids is 1. The van der Waals surface area contributed by atoms with Crippen LogP contribution in [0.15, 0.2) is 30.3 Å². The maximum atomic E-state index is 12.6. The summed E-state index contributed by atoms with van der Waals surface area (Å²) >= 11 is 0. The quantitative estimate of drug-likeness (QED) is 0.799. The van der Waals surface area contributed by atoms with E-state index in [0.29, 0.717) is 17.1 Å². The third-order valence-corrected chi connectivity index (χ3v) is 4.57. The van der Waals surface area contributed by atoms with Gasteiger partial charge in [0.05, 0.1) is 7.11 Å². The molecule has 0 spiro atoms. The molecule has 0 saturated carbocycles. The summed E-state index contributed by atoms with van der Waals surface area (Å²) in [6.45, 7) is 8.08. The van der Waals surface area contributed by atoms with Gasteiger partial charge in [0, 0.05) is 18.2 Å². The van der Waals surface area contributed by atoms with Crippen molar-refractivity contribution in [2.24, 2.45) is 0 Å². The fourth-order valence-corrected chi connectivity index (χ4v) is 2.80. The number of amides is 1. The zero-order valence-corrected chi connectivity index (χ0v) is 16.1. The lowest BCUT2D eigenvalue weighted by Gasteiger charge is -2.17. The molecule has 0 aliphatic carbocycles. The molecule has 0 radical (unpaired) electrons. The number of rotatable bonds is 7. The van der Waals surface area contributed by atoms with Crippen LogP contribution in [-0.2, 0) is 0 Å². The van der Waals surface area contributed by atoms with Crippen LogP contribution in [0.5, 0.6) is 11.5 Å². The predicted octanol–water partition coefficient (Wildman–Crippen LogP) is 3.10. The van der Waals surface area contributed by atoms with Gasteiger partial charge in [0.2, 0.25) is 0 Å². The van der Waals surface area contributed by atoms with Gasteiger partial charge in [-0.25, -0.2) is 0 Å². The number of methoxy groups -OCH3 is 1. The lowest BCUT2D eigenvalue weighted by molar-refractivity contribution is 0.0842. The molecule has 5 nitrogen and oxygen atoms in total. The second-order valence-electron chi connectivity index (χ2n) is 6.49. The summed E-state index contributed by atoms with van der Waals surface area (Å²) in [6, 6.07) is 9.24. The van der Waals surface area contributed by atoms with Gasteiger partial charge in [0.15, 0.2) is 0 Å². The van der Waals surface area contributed by atoms with Crippen LogP contribution in [0.2, 0.25) is 0 Å². The van der Waals surface area contributed by atoms with Crippen LogP contribution in [0.3, 0.4) is 0 Å². The number of hydrogen-bond donors (Lipinski definition) is 2. The summed E-state index contributed by atoms with van der Waals surface area (Å²) in [7, 11) is 1.58. The van der Waals surface area contributed by atoms with E-state index in [2.05, 4.69) is 11.4 Å². The van der Waals surface area contributed by atoms with Gasteiger partial charge in [-0.15, -0.1) is 0 Å². The molecular weight excluding hydrogens is 330 g/mol. The highest BCUT2D eigenvalue weighted by atomic mass is 16.5. The Morgan fingerprint density at radius 3 is 2.31 bits per heavy atom. The Kier molecular flexibility index (Phi) is 6.64. The van der Waals surface area contributed by atoms with E-state index in [0.717, 1.165) is 22.3 Å². The fourth-order valence-electron chi connectivity index (χ4n) is 2.80. The van der Waals surface area contributed by atoms with E-state index in [-0.39, 0.29) is 19.1 Å². The molecule has 0 fully saturated rings. The Bertz CT molecular complexity index is 760. The van der Waals surface area contributed by atoms with Gasteiger partial charge < -0.3 is 19.9 Å². The summed E-state index contributed by atoms with van der Waals surface area (Å²) in [5.41, 5.74) is 4.78. The minimum Gasteiger partial charge on any atom is -0.497 e. The van der Waals surface area contributed by atoms with E-state index in [9.17, 15) is 9.90 Å². The smallest absolute Gasteiger partial charge is 0.251 e. The van der Waals surface area contributed by atoms with Gasteiger partial charge in [-0.1, -0.05) is 12.1 Å². The highest BCUT2D eigenvalue weighted by Crippen LogP contribution is 2.21. The molecule has 140 valence electrons. The molecule has 2 rings (SSSR count). The normalized spacial score (nSPS) is 11.8. The molecule has 2 aromatic carbocycles. The number of aliphatic hydroxyl groups is 1. The summed E-state index contributed by atoms with van der Waals surface area (Å²) < 4.78 is 10.7. The largest absolute Gasteiger partial charge is 0.497 e. The van der Waals surface area contributed by atoms with Crippen LogP contribution in [-0.4, -0.2) is 37.4 Å². The monoisotopic (exact) mass is 357 g/mol. The predicted molar refractivity (Wildman–Crippen MR) is 102 cm³/mol. The third-order valence-electron chi connectivity index (χ3n) is 4.57. The minimum absolute atomic E-state index is 0.0816. The molecular formula is C21H27NO4. The van der Waals surface area contributed by atoms with Crippen molar-refractivity contribution >= 4 is 5.91 Å². The van der Waals surface area contributed by atoms with Crippen molar-refractivity contribution in [3.05, 3.63) is 58.1 Å². The first-order chi connectivity index (χ1) is 12.3. The summed E-state index contributed by atoms with van der Waals surface area (Å²) in [6.07, 6.45) is -0.809. The highest BCUT2D eigenvalue weighted by molar-refractivity contribution is 5.97. The van der Waals surface area contributed by atoms with Crippen molar-refractivity contribution < 1.29 is 19.4 Å². The van der Waals surface area contributed by atoms with Gasteiger partial charge in [-0.05, 0) is 62.1 Å². The molecule has 0 aliphatic rings. The van der Waals surface area contributed by atoms with Crippen LogP contribution in [0, 0.1) is 27.7 Å². The number of nitrogens with one attached hydrogen (secondary N) is 1. The van der Waals surface area contributed by atoms with Crippen LogP contribution in [0.25, 0.3) is 0 Å². The van der Waals surface area contributed by atoms with E-state index in [4.69, 9.17) is 9.47 Å². The fraction of sp³-hybridized carbons (Fsp3) is 0.381. The third kappa shape index (κ3) is 4.76. The van der Waals surface area contributed by atoms with Crippen molar-refractivity contribution in [3.8, 4) is 11.5 Å². The Hall–Kier alpha value is -2.53. The number of carbonyl (C=O) groups is 1. The first-order valence-electron chi connectivity index (χ1n) is 8.64. The Labute approximate surface area is 155 Å². The zero-order chi connectivity index (χ0) is 19.3. The molecule has 26 heavy (non-hydrogen) atoms. The molecule has 0 saturated heterocycles. The molecule has 0 unspecified atom stereocenters. The number of ether oxygens (including phenoxy) is 2. The lowest BCUT2D eigenvalue weighted by atomic mass is 9.94. The standard InChI is InChI=1S/C21H27NO4/c1-13-9-14(2)16(4)20(15(13)3)21(24)22-11-17(23)12-26-19-8-6-7-18(10-19)25-5/h6-10,17,23H,11-12H2,1-5H3,(H,22,24)/t17-/m0/s1. The topological polar surface area (TPSA) is 67.8 Å². The summed E-state index contributed by atoms with van der Waals surface area (Å²) in [5.74, 6) is 1.12. The van der Waals surface area contributed by atoms with E-state index < -0.39 is 6.10 Å². The molecule has 0 bridgehead atoms. The van der Waals surface area contributed by atoms with Gasteiger partial charge in [0.25, 0.3) is 5.91 Å². The van der Waals surface area contributed by atoms with Crippen LogP contribution in [0.4, 0.5) is 0 Å². The second-order valence-corrected chi connectivity index (χ2v) is 6.49. The number of hydrogen-bond acceptors (Lipinski definition) is 4. The first-order valence-corrected chi connectivity index (χ1v) is 8.64. The average molecular weight is 357 g/mol. The summed E-state index contributed by atoms with van der Waals surface area (Å²) in [4.78, 5) is 12.6. The lowest BCUT2D eigenvalue weighted by Crippen LogP contribution is -2.36. The average Bonchev–Trinajstić information content (AvgIpc) is 2.63. The molecule has 2 N–H and O–H groups in total. The van der Waals surface area contributed by atoms with Crippen molar-refractivity contribution in [3.63, 3.8) is 0 Å². The van der Waals surface area contributed by atoms with E-state index >= 15 is 0 Å². The van der Waals surface area contributed by atoms with E-state index in [1.807, 2.05) is 39.8 Å². The first kappa shape index (κ1) is 19.8. The maximum Gasteiger partial charge on any atom is 0.251 e. The highest BCUT2D eigenvalue weighted by Gasteiger charge is 2.17. The Balaban J connectivity index is 1.93. The number of aliphatic hydroxyl groups excluding tert-OH is 1. The molecule has 2 aromatic rings. The number of benzene rings is 2. The SMILES string of the molecule is COc1cccc(OC[C@@H](O)CNC(=O)c2c(C)c(C)cc(C)c2C)c1. The Morgan fingerprint density at radius 1 is 1.08 bits per heavy atom. The molecule has 5 heteroatoms. The van der Waals surface area contributed by atoms with Gasteiger partial charge in [0.1, 0.15) is 24.2 Å². The molecule has 1 atom stereocenters. The van der Waals surface area contributed by atoms with Gasteiger partial charge in [-0.3, -0.25) is 4.79 Å². The van der Waals surface area contributed by atoms with E-state index in [1.54, 1.807) is 19.2 Å². The molecule has 1 amide bonds. The molecule has 0 heterocycles. The van der Waals surface area contributed by atoms with Crippen molar-refractivity contribution in [1.82, 2.24) is 5.32 Å². The molecule has 0 aliphatic heterocycles. The maximum absolute atomic E-state index is 12.6. The van der Waals surface area contributed by atoms with Crippen LogP contribution < -0.4 is 14.8 Å².